The van der Waals surface area contributed by atoms with Crippen molar-refractivity contribution in [3.8, 4) is 5.75 Å². The Morgan fingerprint density at radius 2 is 1.22 bits per heavy atom. The van der Waals surface area contributed by atoms with E-state index in [0.29, 0.717) is 28.8 Å². The number of aromatic hydroxyl groups is 1. The maximum Gasteiger partial charge on any atom is 0.245 e. The zero-order valence-corrected chi connectivity index (χ0v) is 54.4. The van der Waals surface area contributed by atoms with Crippen molar-refractivity contribution in [2.24, 2.45) is 22.2 Å². The zero-order chi connectivity index (χ0) is 71.3. The molecule has 3 aromatic carbocycles. The molecule has 0 spiro atoms. The van der Waals surface area contributed by atoms with Crippen molar-refractivity contribution in [1.29, 1.82) is 0 Å². The smallest absolute Gasteiger partial charge is 0.245 e. The molecule has 1 aliphatic heterocycles. The molecule has 0 saturated carbocycles. The minimum Gasteiger partial charge on any atom is -0.508 e. The molecule has 528 valence electrons. The molecule has 10 atom stereocenters. The lowest BCUT2D eigenvalue weighted by atomic mass is 10.0. The van der Waals surface area contributed by atoms with Gasteiger partial charge < -0.3 is 101 Å². The van der Waals surface area contributed by atoms with Crippen LogP contribution in [-0.2, 0) is 83.2 Å². The number of fused-ring (bicyclic) bond motifs is 1. The van der Waals surface area contributed by atoms with Crippen molar-refractivity contribution in [3.63, 3.8) is 0 Å². The third-order valence-electron chi connectivity index (χ3n) is 15.9. The van der Waals surface area contributed by atoms with Crippen LogP contribution in [0, 0.1) is 0 Å². The van der Waals surface area contributed by atoms with Crippen molar-refractivity contribution in [3.05, 3.63) is 120 Å². The van der Waals surface area contributed by atoms with Crippen LogP contribution in [0.25, 0.3) is 10.9 Å². The number of amides is 12. The van der Waals surface area contributed by atoms with Gasteiger partial charge in [0.2, 0.25) is 70.9 Å². The van der Waals surface area contributed by atoms with Gasteiger partial charge in [0, 0.05) is 74.7 Å². The van der Waals surface area contributed by atoms with Crippen molar-refractivity contribution in [2.75, 3.05) is 26.3 Å². The number of primary amides is 1. The maximum atomic E-state index is 15.0. The summed E-state index contributed by atoms with van der Waals surface area (Å²) in [6.07, 6.45) is 3.52. The lowest BCUT2D eigenvalue weighted by Crippen LogP contribution is -2.61. The Morgan fingerprint density at radius 1 is 0.633 bits per heavy atom. The van der Waals surface area contributed by atoms with Crippen molar-refractivity contribution < 1.29 is 72.9 Å². The van der Waals surface area contributed by atoms with E-state index in [2.05, 4.69) is 78.4 Å². The minimum absolute atomic E-state index is 0.00753. The number of nitrogens with zero attached hydrogens (tertiary/aromatic N) is 2. The molecule has 0 bridgehead atoms. The van der Waals surface area contributed by atoms with Crippen molar-refractivity contribution >= 4 is 87.7 Å². The predicted octanol–water partition coefficient (Wildman–Crippen LogP) is -3.86. The fraction of sp³-hybridized carbons (Fsp3) is 0.446. The number of nitrogens with two attached hydrogens (primary N) is 3. The normalized spacial score (nSPS) is 19.8. The van der Waals surface area contributed by atoms with E-state index in [4.69, 9.17) is 17.2 Å². The molecule has 0 unspecified atom stereocenters. The molecule has 1 aliphatic rings. The minimum atomic E-state index is -1.84. The van der Waals surface area contributed by atoms with E-state index in [1.807, 2.05) is 18.2 Å². The van der Waals surface area contributed by atoms with Crippen LogP contribution >= 0.6 is 0 Å². The number of rotatable bonds is 27. The van der Waals surface area contributed by atoms with E-state index in [1.54, 1.807) is 49.5 Å². The van der Waals surface area contributed by atoms with E-state index < -0.39 is 151 Å². The van der Waals surface area contributed by atoms with Gasteiger partial charge in [-0.05, 0) is 73.4 Å². The Balaban J connectivity index is 1.33. The number of carbonyl (C=O) groups excluding carboxylic acids is 12. The summed E-state index contributed by atoms with van der Waals surface area (Å²) in [5, 5.41) is 59.3. The summed E-state index contributed by atoms with van der Waals surface area (Å²) in [6.45, 7) is 0.873. The Morgan fingerprint density at radius 3 is 1.87 bits per heavy atom. The van der Waals surface area contributed by atoms with Crippen LogP contribution in [0.3, 0.4) is 0 Å². The van der Waals surface area contributed by atoms with E-state index in [9.17, 15) is 72.9 Å². The summed E-state index contributed by atoms with van der Waals surface area (Å²) >= 11 is 0. The highest BCUT2D eigenvalue weighted by Gasteiger charge is 2.37. The summed E-state index contributed by atoms with van der Waals surface area (Å²) in [6, 6.07) is 5.74. The molecule has 3 heterocycles. The van der Waals surface area contributed by atoms with Crippen LogP contribution < -0.4 is 75.7 Å². The predicted molar refractivity (Wildman–Crippen MR) is 356 cm³/mol. The molecule has 5 aromatic rings. The first-order valence-corrected chi connectivity index (χ1v) is 32.1. The topological polar surface area (TPSA) is 533 Å². The molecule has 0 aliphatic carbocycles. The summed E-state index contributed by atoms with van der Waals surface area (Å²) in [4.78, 5) is 183. The molecule has 2 aromatic heterocycles. The van der Waals surface area contributed by atoms with E-state index in [-0.39, 0.29) is 95.4 Å². The highest BCUT2D eigenvalue weighted by molar-refractivity contribution is 6.00. The molecule has 1 fully saturated rings. The number of unbranched alkanes of at least 4 members (excludes halogenated alkanes) is 1. The molecule has 33 heteroatoms. The third-order valence-corrected chi connectivity index (χ3v) is 15.9. The monoisotopic (exact) mass is 1360 g/mol. The fourth-order valence-corrected chi connectivity index (χ4v) is 10.7. The molecule has 22 N–H and O–H groups in total. The van der Waals surface area contributed by atoms with Gasteiger partial charge in [-0.15, -0.1) is 0 Å². The number of aliphatic hydroxyl groups excluding tert-OH is 2. The van der Waals surface area contributed by atoms with E-state index >= 15 is 0 Å². The van der Waals surface area contributed by atoms with Crippen LogP contribution in [-0.4, -0.2) is 194 Å². The molecule has 1 saturated heterocycles. The number of aliphatic imine (C=N–C) groups is 1. The average molecular weight is 1360 g/mol. The number of hydrogen-bond acceptors (Lipinski definition) is 17. The number of phenolic OH excluding ortho intramolecular Hbond substituents is 1. The molecular formula is C65H88N18O15. The molecule has 0 radical (unpaired) electrons. The van der Waals surface area contributed by atoms with Gasteiger partial charge in [-0.3, -0.25) is 62.5 Å². The van der Waals surface area contributed by atoms with Crippen LogP contribution in [0.15, 0.2) is 103 Å². The zero-order valence-electron chi connectivity index (χ0n) is 54.4. The first-order valence-electron chi connectivity index (χ1n) is 32.1. The second kappa shape index (κ2) is 38.6. The van der Waals surface area contributed by atoms with E-state index in [0.717, 1.165) is 17.8 Å². The fourth-order valence-electron chi connectivity index (χ4n) is 10.7. The Labute approximate surface area is 564 Å². The van der Waals surface area contributed by atoms with Crippen LogP contribution in [0.1, 0.15) is 94.0 Å². The first kappa shape index (κ1) is 76.1. The summed E-state index contributed by atoms with van der Waals surface area (Å²) in [5.41, 5.74) is 19.7. The third kappa shape index (κ3) is 24.4. The van der Waals surface area contributed by atoms with Gasteiger partial charge >= 0.3 is 0 Å². The lowest BCUT2D eigenvalue weighted by Gasteiger charge is -2.28. The number of imidazole rings is 1. The number of para-hydroxylation sites is 1. The summed E-state index contributed by atoms with van der Waals surface area (Å²) in [5.74, 6) is -11.6. The molecular weight excluding hydrogens is 1270 g/mol. The number of carbonyl (C=O) groups is 12. The summed E-state index contributed by atoms with van der Waals surface area (Å²) < 4.78 is 0. The van der Waals surface area contributed by atoms with Crippen LogP contribution in [0.5, 0.6) is 5.75 Å². The van der Waals surface area contributed by atoms with Gasteiger partial charge in [0.1, 0.15) is 66.2 Å². The van der Waals surface area contributed by atoms with Crippen LogP contribution in [0.4, 0.5) is 0 Å². The number of phenols is 1. The number of aliphatic hydroxyl groups is 2. The summed E-state index contributed by atoms with van der Waals surface area (Å²) in [7, 11) is 0. The highest BCUT2D eigenvalue weighted by Crippen LogP contribution is 2.21. The quantitative estimate of drug-likeness (QED) is 0.0136. The standard InChI is InChI=1S/C65H88N18O15/c1-3-4-16-45(77-64(98)53(34-85)83-59(93)48(27-38-20-22-41(87)23-21-38)79-63(97)52(33-84)74-36(2)86)56(90)82-51-30-54(88)70-24-11-10-18-44(55(66)89)75-60(94)49(28-39-31-72-43-17-9-8-15-42(39)43)80-57(91)46(19-12-25-71-65(67)68)76-58(92)47(26-37-13-6-5-7-14-37)78-61(95)50(81-62(51)96)29-40-32-69-35-73-40/h5-9,13-15,17,20-23,31-32,35,44-53,72,84-85,87H,3-4,10-12,16,18-19,24-30,33-34H2,1-2H3,(H2,66,89)(H,69,73)(H,70,88)(H,74,86)(H,75,94)(H,76,92)(H,77,98)(H,78,95)(H,79,97)(H,80,91)(H,81,96)(H,82,90)(H,83,93)(H4,67,68,71)/t44-,45-,46-,47+,48-,49-,50-,51-,52-,53-/m0/s1. The number of aromatic nitrogens is 3. The Kier molecular flexibility index (Phi) is 29.9. The average Bonchev–Trinajstić information content (AvgIpc) is 1.68. The molecule has 12 amide bonds. The van der Waals surface area contributed by atoms with Gasteiger partial charge in [-0.1, -0.05) is 80.4 Å². The van der Waals surface area contributed by atoms with Crippen LogP contribution in [0.2, 0.25) is 0 Å². The highest BCUT2D eigenvalue weighted by atomic mass is 16.3. The largest absolute Gasteiger partial charge is 0.508 e. The Bertz CT molecular complexity index is 3570. The molecule has 33 nitrogen and oxygen atoms in total. The van der Waals surface area contributed by atoms with Crippen molar-refractivity contribution in [2.45, 2.75) is 158 Å². The second-order valence-corrected chi connectivity index (χ2v) is 23.6. The SMILES string of the molecule is CCCC[C@H](NC(=O)[C@H](CO)NC(=O)[C@H](Cc1ccc(O)cc1)NC(=O)[C@H](CO)NC(C)=O)C(=O)N[C@H]1CC(=O)NCCCC[C@@H](C(N)=O)NC(=O)[C@H](Cc2c[nH]c3ccccc23)NC(=O)[C@H](CCCN=C(N)N)NC(=O)[C@@H](Cc2ccccc2)NC(=O)[C@H](Cc2cnc[nH]2)NC1=O. The molecule has 6 rings (SSSR count). The number of guanidine groups is 1. The number of hydrogen-bond donors (Lipinski definition) is 19. The van der Waals surface area contributed by atoms with Crippen molar-refractivity contribution in [1.82, 2.24) is 73.4 Å². The van der Waals surface area contributed by atoms with Gasteiger partial charge in [-0.2, -0.15) is 0 Å². The number of benzene rings is 3. The first-order chi connectivity index (χ1) is 46.9. The van der Waals surface area contributed by atoms with Gasteiger partial charge in [0.15, 0.2) is 5.96 Å². The lowest BCUT2D eigenvalue weighted by molar-refractivity contribution is -0.137. The molecule has 98 heavy (non-hydrogen) atoms. The van der Waals surface area contributed by atoms with E-state index in [1.165, 1.54) is 36.8 Å². The van der Waals surface area contributed by atoms with Gasteiger partial charge in [-0.25, -0.2) is 4.98 Å². The number of nitrogens with one attached hydrogen (secondary N) is 13. The number of aromatic amines is 2. The maximum absolute atomic E-state index is 15.0. The number of H-pyrrole nitrogens is 2. The Hall–Kier alpha value is -11.0. The second-order valence-electron chi connectivity index (χ2n) is 23.6. The van der Waals surface area contributed by atoms with Gasteiger partial charge in [0.25, 0.3) is 0 Å². The van der Waals surface area contributed by atoms with Gasteiger partial charge in [0.05, 0.1) is 26.0 Å².